The Kier molecular flexibility index (Phi) is 1.31. The first kappa shape index (κ1) is 6.09. The molecule has 0 aliphatic heterocycles. The second-order valence-corrected chi connectivity index (χ2v) is 3.30. The topological polar surface area (TPSA) is 12.0 Å². The molecule has 1 aliphatic carbocycles. The van der Waals surface area contributed by atoms with Crippen LogP contribution in [0, 0.1) is 5.41 Å². The van der Waals surface area contributed by atoms with Crippen molar-refractivity contribution in [3.63, 3.8) is 0 Å². The Hall–Kier alpha value is -0.0400. The molecule has 1 N–H and O–H groups in total. The molecular weight excluding hydrogens is 98.1 g/mol. The van der Waals surface area contributed by atoms with Gasteiger partial charge in [-0.1, -0.05) is 20.8 Å². The molecule has 8 heavy (non-hydrogen) atoms. The number of rotatable bonds is 2. The molecule has 0 unspecified atom stereocenters. The van der Waals surface area contributed by atoms with E-state index in [4.69, 9.17) is 0 Å². The van der Waals surface area contributed by atoms with Crippen molar-refractivity contribution in [3.05, 3.63) is 0 Å². The van der Waals surface area contributed by atoms with Crippen LogP contribution in [0.1, 0.15) is 28.6 Å². The van der Waals surface area contributed by atoms with Gasteiger partial charge in [0.1, 0.15) is 0 Å². The molecule has 1 atom stereocenters. The lowest BCUT2D eigenvalue weighted by atomic mass is 10.2. The maximum atomic E-state index is 3.41. The third-order valence-corrected chi connectivity index (χ3v) is 1.96. The molecule has 1 aliphatic rings. The maximum Gasteiger partial charge on any atom is 0.0124 e. The van der Waals surface area contributed by atoms with E-state index in [2.05, 4.69) is 26.1 Å². The summed E-state index contributed by atoms with van der Waals surface area (Å²) in [7, 11) is 0. The van der Waals surface area contributed by atoms with Crippen molar-refractivity contribution in [1.29, 1.82) is 0 Å². The van der Waals surface area contributed by atoms with Crippen molar-refractivity contribution in [2.45, 2.75) is 33.2 Å². The van der Waals surface area contributed by atoms with Gasteiger partial charge in [-0.3, -0.25) is 0 Å². The molecule has 0 bridgehead atoms. The molecule has 1 fully saturated rings. The van der Waals surface area contributed by atoms with E-state index in [1.807, 2.05) is 0 Å². The highest BCUT2D eigenvalue weighted by molar-refractivity contribution is 5.00. The summed E-state index contributed by atoms with van der Waals surface area (Å²) >= 11 is 0. The summed E-state index contributed by atoms with van der Waals surface area (Å²) in [5, 5.41) is 3.41. The Balaban J connectivity index is 0.000000640. The lowest BCUT2D eigenvalue weighted by molar-refractivity contribution is 0.553. The Morgan fingerprint density at radius 2 is 2.25 bits per heavy atom. The summed E-state index contributed by atoms with van der Waals surface area (Å²) in [6.07, 6.45) is 1.36. The quantitative estimate of drug-likeness (QED) is 0.577. The van der Waals surface area contributed by atoms with Gasteiger partial charge in [-0.05, 0) is 18.4 Å². The third kappa shape index (κ3) is 1.03. The monoisotopic (exact) mass is 115 g/mol. The van der Waals surface area contributed by atoms with E-state index in [9.17, 15) is 0 Å². The van der Waals surface area contributed by atoms with Crippen molar-refractivity contribution >= 4 is 0 Å². The normalized spacial score (nSPS) is 32.6. The van der Waals surface area contributed by atoms with Crippen LogP contribution in [-0.2, 0) is 0 Å². The molecule has 1 saturated carbocycles. The lowest BCUT2D eigenvalue weighted by Crippen LogP contribution is -2.19. The van der Waals surface area contributed by atoms with Gasteiger partial charge in [0.05, 0.1) is 0 Å². The van der Waals surface area contributed by atoms with Gasteiger partial charge < -0.3 is 5.32 Å². The second kappa shape index (κ2) is 1.73. The first-order valence-corrected chi connectivity index (χ1v) is 3.40. The van der Waals surface area contributed by atoms with E-state index in [0.717, 1.165) is 12.6 Å². The van der Waals surface area contributed by atoms with Gasteiger partial charge >= 0.3 is 0 Å². The summed E-state index contributed by atoms with van der Waals surface area (Å²) in [4.78, 5) is 0. The zero-order chi connectivity index (χ0) is 6.20. The second-order valence-electron chi connectivity index (χ2n) is 3.30. The molecule has 0 aromatic rings. The zero-order valence-corrected chi connectivity index (χ0v) is 5.99. The van der Waals surface area contributed by atoms with Gasteiger partial charge in [0.25, 0.3) is 0 Å². The summed E-state index contributed by atoms with van der Waals surface area (Å²) < 4.78 is 0. The van der Waals surface area contributed by atoms with Crippen LogP contribution < -0.4 is 5.32 Å². The van der Waals surface area contributed by atoms with Crippen LogP contribution in [0.2, 0.25) is 0 Å². The number of hydrogen-bond acceptors (Lipinski definition) is 1. The van der Waals surface area contributed by atoms with Crippen LogP contribution in [0.5, 0.6) is 0 Å². The van der Waals surface area contributed by atoms with Crippen LogP contribution in [-0.4, -0.2) is 12.6 Å². The van der Waals surface area contributed by atoms with Crippen LogP contribution in [0.25, 0.3) is 0 Å². The highest BCUT2D eigenvalue weighted by Gasteiger charge is 2.44. The fourth-order valence-corrected chi connectivity index (χ4v) is 1.06. The fraction of sp³-hybridized carbons (Fsp3) is 1.00. The minimum atomic E-state index is 0. The van der Waals surface area contributed by atoms with Gasteiger partial charge in [-0.15, -0.1) is 0 Å². The zero-order valence-electron chi connectivity index (χ0n) is 5.99. The highest BCUT2D eigenvalue weighted by atomic mass is 15.0. The largest absolute Gasteiger partial charge is 0.314 e. The Morgan fingerprint density at radius 1 is 1.75 bits per heavy atom. The van der Waals surface area contributed by atoms with Gasteiger partial charge in [-0.2, -0.15) is 0 Å². The summed E-state index contributed by atoms with van der Waals surface area (Å²) in [6, 6.07) is 0.812. The van der Waals surface area contributed by atoms with Crippen LogP contribution in [0.4, 0.5) is 0 Å². The van der Waals surface area contributed by atoms with E-state index in [1.54, 1.807) is 0 Å². The Labute approximate surface area is 53.0 Å². The minimum Gasteiger partial charge on any atom is -0.314 e. The van der Waals surface area contributed by atoms with Crippen molar-refractivity contribution in [1.82, 2.24) is 5.32 Å². The highest BCUT2D eigenvalue weighted by Crippen LogP contribution is 2.44. The van der Waals surface area contributed by atoms with Crippen LogP contribution in [0.15, 0.2) is 0 Å². The predicted molar refractivity (Wildman–Crippen MR) is 38.0 cm³/mol. The first-order valence-electron chi connectivity index (χ1n) is 3.40. The van der Waals surface area contributed by atoms with Gasteiger partial charge in [0.15, 0.2) is 0 Å². The SMILES string of the molecule is CCN[C@H]1CC1(C)C.[HH]. The molecular formula is C7H17N. The van der Waals surface area contributed by atoms with Crippen LogP contribution in [0.3, 0.4) is 0 Å². The molecule has 0 heterocycles. The van der Waals surface area contributed by atoms with Crippen molar-refractivity contribution < 1.29 is 1.43 Å². The summed E-state index contributed by atoms with van der Waals surface area (Å²) in [5.41, 5.74) is 0.607. The number of hydrogen-bond donors (Lipinski definition) is 1. The van der Waals surface area contributed by atoms with E-state index in [-0.39, 0.29) is 1.43 Å². The van der Waals surface area contributed by atoms with E-state index in [0.29, 0.717) is 5.41 Å². The molecule has 50 valence electrons. The smallest absolute Gasteiger partial charge is 0.0124 e. The first-order chi connectivity index (χ1) is 3.67. The third-order valence-electron chi connectivity index (χ3n) is 1.96. The van der Waals surface area contributed by atoms with E-state index < -0.39 is 0 Å². The average Bonchev–Trinajstić information content (AvgIpc) is 2.15. The summed E-state index contributed by atoms with van der Waals surface area (Å²) in [5.74, 6) is 0. The molecule has 1 rings (SSSR count). The molecule has 1 nitrogen and oxygen atoms in total. The predicted octanol–water partition coefficient (Wildman–Crippen LogP) is 1.64. The molecule has 0 spiro atoms. The summed E-state index contributed by atoms with van der Waals surface area (Å²) in [6.45, 7) is 7.89. The minimum absolute atomic E-state index is 0. The van der Waals surface area contributed by atoms with Gasteiger partial charge in [0, 0.05) is 7.47 Å². The Bertz CT molecular complexity index is 90.9. The molecule has 0 radical (unpaired) electrons. The standard InChI is InChI=1S/C7H15N.H2/c1-4-8-6-5-7(6,2)3;/h6,8H,4-5H2,1-3H3;1H/t6-;/m0./s1. The van der Waals surface area contributed by atoms with Gasteiger partial charge in [-0.25, -0.2) is 0 Å². The maximum absolute atomic E-state index is 3.41. The van der Waals surface area contributed by atoms with Crippen LogP contribution >= 0.6 is 0 Å². The average molecular weight is 115 g/mol. The van der Waals surface area contributed by atoms with Crippen molar-refractivity contribution in [2.24, 2.45) is 5.41 Å². The van der Waals surface area contributed by atoms with E-state index in [1.165, 1.54) is 6.42 Å². The lowest BCUT2D eigenvalue weighted by Gasteiger charge is -2.01. The Morgan fingerprint density at radius 3 is 2.38 bits per heavy atom. The fourth-order valence-electron chi connectivity index (χ4n) is 1.06. The molecule has 0 aromatic heterocycles. The molecule has 0 amide bonds. The molecule has 0 saturated heterocycles. The molecule has 1 heteroatoms. The number of nitrogens with one attached hydrogen (secondary N) is 1. The van der Waals surface area contributed by atoms with Gasteiger partial charge in [0.2, 0.25) is 0 Å². The van der Waals surface area contributed by atoms with Crippen molar-refractivity contribution in [3.8, 4) is 0 Å². The molecule has 0 aromatic carbocycles. The van der Waals surface area contributed by atoms with E-state index >= 15 is 0 Å². The van der Waals surface area contributed by atoms with Crippen molar-refractivity contribution in [2.75, 3.05) is 6.54 Å².